The fourth-order valence-electron chi connectivity index (χ4n) is 2.03. The predicted octanol–water partition coefficient (Wildman–Crippen LogP) is 4.06. The van der Waals surface area contributed by atoms with Gasteiger partial charge in [-0.25, -0.2) is 4.98 Å². The van der Waals surface area contributed by atoms with Crippen molar-refractivity contribution < 1.29 is 0 Å². The average Bonchev–Trinajstić information content (AvgIpc) is 2.93. The third-order valence-electron chi connectivity index (χ3n) is 3.21. The Bertz CT molecular complexity index is 670. The van der Waals surface area contributed by atoms with E-state index >= 15 is 0 Å². The minimum absolute atomic E-state index is 0.599. The fraction of sp³-hybridized carbons (Fsp3) is 0.375. The Morgan fingerprint density at radius 2 is 2.13 bits per heavy atom. The van der Waals surface area contributed by atoms with E-state index < -0.39 is 0 Å². The number of nitrogens with one attached hydrogen (secondary N) is 2. The first-order chi connectivity index (χ1) is 11.1. The second-order valence-electron chi connectivity index (χ2n) is 5.07. The zero-order chi connectivity index (χ0) is 16.7. The van der Waals surface area contributed by atoms with E-state index in [1.807, 2.05) is 19.1 Å². The molecule has 4 nitrogen and oxygen atoms in total. The van der Waals surface area contributed by atoms with Crippen molar-refractivity contribution in [2.75, 3.05) is 13.6 Å². The molecular formula is C16H20Cl2N4S. The van der Waals surface area contributed by atoms with Gasteiger partial charge in [0.05, 0.1) is 5.01 Å². The van der Waals surface area contributed by atoms with Crippen LogP contribution in [0, 0.1) is 6.92 Å². The number of benzene rings is 1. The summed E-state index contributed by atoms with van der Waals surface area (Å²) in [4.78, 5) is 8.67. The van der Waals surface area contributed by atoms with Gasteiger partial charge in [0.2, 0.25) is 0 Å². The first kappa shape index (κ1) is 18.0. The van der Waals surface area contributed by atoms with Gasteiger partial charge in [-0.3, -0.25) is 4.99 Å². The van der Waals surface area contributed by atoms with Crippen LogP contribution in [0.2, 0.25) is 10.0 Å². The number of guanidine groups is 1. The van der Waals surface area contributed by atoms with Crippen molar-refractivity contribution in [2.45, 2.75) is 26.3 Å². The summed E-state index contributed by atoms with van der Waals surface area (Å²) in [5.41, 5.74) is 2.08. The van der Waals surface area contributed by atoms with Crippen LogP contribution >= 0.6 is 34.5 Å². The van der Waals surface area contributed by atoms with Crippen molar-refractivity contribution in [2.24, 2.45) is 4.99 Å². The van der Waals surface area contributed by atoms with Gasteiger partial charge in [-0.2, -0.15) is 0 Å². The Morgan fingerprint density at radius 1 is 1.30 bits per heavy atom. The molecule has 7 heteroatoms. The van der Waals surface area contributed by atoms with Crippen LogP contribution in [-0.2, 0) is 13.0 Å². The van der Waals surface area contributed by atoms with Crippen molar-refractivity contribution >= 4 is 40.5 Å². The Kier molecular flexibility index (Phi) is 7.15. The molecule has 0 saturated carbocycles. The van der Waals surface area contributed by atoms with E-state index in [1.54, 1.807) is 24.5 Å². The van der Waals surface area contributed by atoms with E-state index in [2.05, 4.69) is 26.0 Å². The van der Waals surface area contributed by atoms with Crippen LogP contribution in [0.4, 0.5) is 0 Å². The summed E-state index contributed by atoms with van der Waals surface area (Å²) < 4.78 is 0. The molecule has 0 saturated heterocycles. The van der Waals surface area contributed by atoms with E-state index in [4.69, 9.17) is 23.2 Å². The number of halogens is 2. The molecule has 0 radical (unpaired) electrons. The highest BCUT2D eigenvalue weighted by molar-refractivity contribution is 7.09. The second-order valence-corrected chi connectivity index (χ2v) is 6.86. The summed E-state index contributed by atoms with van der Waals surface area (Å²) >= 11 is 13.8. The van der Waals surface area contributed by atoms with Crippen molar-refractivity contribution in [3.05, 3.63) is 49.9 Å². The Labute approximate surface area is 151 Å². The molecule has 0 fully saturated rings. The molecule has 0 aliphatic carbocycles. The summed E-state index contributed by atoms with van der Waals surface area (Å²) in [6.45, 7) is 3.46. The molecule has 1 heterocycles. The normalized spacial score (nSPS) is 11.6. The minimum atomic E-state index is 0.599. The first-order valence-electron chi connectivity index (χ1n) is 7.38. The molecule has 0 spiro atoms. The molecule has 1 aromatic carbocycles. The molecule has 124 valence electrons. The number of nitrogens with zero attached hydrogens (tertiary/aromatic N) is 2. The zero-order valence-corrected chi connectivity index (χ0v) is 15.5. The van der Waals surface area contributed by atoms with Gasteiger partial charge < -0.3 is 10.6 Å². The number of aliphatic imine (C=N–C) groups is 1. The largest absolute Gasteiger partial charge is 0.356 e. The summed E-state index contributed by atoms with van der Waals surface area (Å²) in [6, 6.07) is 5.48. The van der Waals surface area contributed by atoms with E-state index in [-0.39, 0.29) is 0 Å². The van der Waals surface area contributed by atoms with Gasteiger partial charge in [-0.05, 0) is 31.0 Å². The third-order valence-corrected chi connectivity index (χ3v) is 4.82. The van der Waals surface area contributed by atoms with Gasteiger partial charge in [0.15, 0.2) is 5.96 Å². The van der Waals surface area contributed by atoms with Crippen LogP contribution < -0.4 is 10.6 Å². The molecule has 2 aromatic rings. The van der Waals surface area contributed by atoms with E-state index in [0.717, 1.165) is 36.6 Å². The molecule has 0 amide bonds. The van der Waals surface area contributed by atoms with Crippen LogP contribution in [0.15, 0.2) is 28.6 Å². The summed E-state index contributed by atoms with van der Waals surface area (Å²) in [6.07, 6.45) is 1.99. The van der Waals surface area contributed by atoms with Crippen molar-refractivity contribution in [1.82, 2.24) is 15.6 Å². The second kappa shape index (κ2) is 9.11. The van der Waals surface area contributed by atoms with Gasteiger partial charge in [0.25, 0.3) is 0 Å². The maximum absolute atomic E-state index is 6.16. The molecule has 2 rings (SSSR count). The van der Waals surface area contributed by atoms with Gasteiger partial charge in [-0.15, -0.1) is 11.3 Å². The highest BCUT2D eigenvalue weighted by Crippen LogP contribution is 2.20. The lowest BCUT2D eigenvalue weighted by Gasteiger charge is -2.12. The van der Waals surface area contributed by atoms with E-state index in [1.165, 1.54) is 5.01 Å². The molecule has 2 N–H and O–H groups in total. The van der Waals surface area contributed by atoms with E-state index in [0.29, 0.717) is 16.6 Å². The standard InChI is InChI=1S/C16H20Cl2N4S/c1-11-10-23-15(22-11)4-3-7-20-16(19-2)21-9-12-5-6-13(17)8-14(12)18/h5-6,8,10H,3-4,7,9H2,1-2H3,(H2,19,20,21). The number of rotatable bonds is 6. The van der Waals surface area contributed by atoms with Gasteiger partial charge in [0.1, 0.15) is 0 Å². The highest BCUT2D eigenvalue weighted by atomic mass is 35.5. The Hall–Kier alpha value is -1.30. The summed E-state index contributed by atoms with van der Waals surface area (Å²) in [7, 11) is 1.75. The van der Waals surface area contributed by atoms with Crippen LogP contribution in [0.25, 0.3) is 0 Å². The fourth-order valence-corrected chi connectivity index (χ4v) is 3.32. The number of aromatic nitrogens is 1. The van der Waals surface area contributed by atoms with Crippen LogP contribution in [-0.4, -0.2) is 24.5 Å². The number of aryl methyl sites for hydroxylation is 2. The molecule has 0 aliphatic rings. The lowest BCUT2D eigenvalue weighted by Crippen LogP contribution is -2.37. The maximum Gasteiger partial charge on any atom is 0.191 e. The van der Waals surface area contributed by atoms with Crippen LogP contribution in [0.5, 0.6) is 0 Å². The zero-order valence-electron chi connectivity index (χ0n) is 13.2. The topological polar surface area (TPSA) is 49.3 Å². The summed E-state index contributed by atoms with van der Waals surface area (Å²) in [5, 5.41) is 11.1. The lowest BCUT2D eigenvalue weighted by atomic mass is 10.2. The number of hydrogen-bond acceptors (Lipinski definition) is 3. The molecule has 0 aliphatic heterocycles. The van der Waals surface area contributed by atoms with Crippen molar-refractivity contribution in [1.29, 1.82) is 0 Å². The average molecular weight is 371 g/mol. The summed E-state index contributed by atoms with van der Waals surface area (Å²) in [5.74, 6) is 0.756. The molecule has 0 bridgehead atoms. The Balaban J connectivity index is 1.73. The number of hydrogen-bond donors (Lipinski definition) is 2. The SMILES string of the molecule is CN=C(NCCCc1nc(C)cs1)NCc1ccc(Cl)cc1Cl. The monoisotopic (exact) mass is 370 g/mol. The number of thiazole rings is 1. The highest BCUT2D eigenvalue weighted by Gasteiger charge is 2.04. The van der Waals surface area contributed by atoms with Gasteiger partial charge in [-0.1, -0.05) is 29.3 Å². The third kappa shape index (κ3) is 6.01. The quantitative estimate of drug-likeness (QED) is 0.458. The lowest BCUT2D eigenvalue weighted by molar-refractivity contribution is 0.739. The predicted molar refractivity (Wildman–Crippen MR) is 99.8 cm³/mol. The van der Waals surface area contributed by atoms with Crippen molar-refractivity contribution in [3.8, 4) is 0 Å². The molecular weight excluding hydrogens is 351 g/mol. The van der Waals surface area contributed by atoms with Gasteiger partial charge >= 0.3 is 0 Å². The van der Waals surface area contributed by atoms with Crippen LogP contribution in [0.1, 0.15) is 22.7 Å². The van der Waals surface area contributed by atoms with Crippen LogP contribution in [0.3, 0.4) is 0 Å². The van der Waals surface area contributed by atoms with Gasteiger partial charge in [0, 0.05) is 47.7 Å². The van der Waals surface area contributed by atoms with E-state index in [9.17, 15) is 0 Å². The molecule has 23 heavy (non-hydrogen) atoms. The molecule has 0 unspecified atom stereocenters. The first-order valence-corrected chi connectivity index (χ1v) is 9.01. The minimum Gasteiger partial charge on any atom is -0.356 e. The smallest absolute Gasteiger partial charge is 0.191 e. The molecule has 0 atom stereocenters. The maximum atomic E-state index is 6.16. The molecule has 1 aromatic heterocycles. The van der Waals surface area contributed by atoms with Crippen molar-refractivity contribution in [3.63, 3.8) is 0 Å². The Morgan fingerprint density at radius 3 is 2.78 bits per heavy atom.